The van der Waals surface area contributed by atoms with E-state index in [0.29, 0.717) is 16.9 Å². The highest BCUT2D eigenvalue weighted by Gasteiger charge is 2.09. The average molecular weight is 238 g/mol. The number of amides is 1. The van der Waals surface area contributed by atoms with Crippen molar-refractivity contribution in [3.63, 3.8) is 0 Å². The molecular weight excluding hydrogens is 228 g/mol. The van der Waals surface area contributed by atoms with Crippen molar-refractivity contribution in [2.75, 3.05) is 0 Å². The summed E-state index contributed by atoms with van der Waals surface area (Å²) in [5, 5.41) is 8.90. The molecule has 4 heteroatoms. The Balaban J connectivity index is 2.55. The van der Waals surface area contributed by atoms with Gasteiger partial charge in [0.2, 0.25) is 0 Å². The van der Waals surface area contributed by atoms with Gasteiger partial charge in [0, 0.05) is 5.56 Å². The van der Waals surface area contributed by atoms with E-state index < -0.39 is 6.09 Å². The minimum absolute atomic E-state index is 0.340. The van der Waals surface area contributed by atoms with Crippen LogP contribution in [-0.2, 0) is 0 Å². The number of nitrogens with zero attached hydrogens (tertiary/aromatic N) is 1. The lowest BCUT2D eigenvalue weighted by atomic mass is 10.0. The summed E-state index contributed by atoms with van der Waals surface area (Å²) in [6.45, 7) is 0. The fourth-order valence-corrected chi connectivity index (χ4v) is 1.64. The number of primary amides is 1. The van der Waals surface area contributed by atoms with E-state index in [2.05, 4.69) is 0 Å². The summed E-state index contributed by atoms with van der Waals surface area (Å²) in [4.78, 5) is 10.8. The first-order valence-corrected chi connectivity index (χ1v) is 5.27. The van der Waals surface area contributed by atoms with Crippen LogP contribution in [0.15, 0.2) is 48.5 Å². The first kappa shape index (κ1) is 11.7. The molecule has 0 fully saturated rings. The maximum atomic E-state index is 10.8. The van der Waals surface area contributed by atoms with Gasteiger partial charge in [-0.25, -0.2) is 4.79 Å². The first-order chi connectivity index (χ1) is 8.70. The van der Waals surface area contributed by atoms with Crippen molar-refractivity contribution in [3.05, 3.63) is 54.1 Å². The Labute approximate surface area is 104 Å². The molecule has 0 saturated carbocycles. The molecule has 18 heavy (non-hydrogen) atoms. The number of hydrogen-bond acceptors (Lipinski definition) is 3. The number of benzene rings is 2. The third-order valence-corrected chi connectivity index (χ3v) is 2.40. The Kier molecular flexibility index (Phi) is 3.26. The molecule has 0 aliphatic rings. The molecule has 2 aromatic rings. The molecular formula is C14H10N2O2. The second-order valence-corrected chi connectivity index (χ2v) is 3.61. The smallest absolute Gasteiger partial charge is 0.409 e. The molecule has 2 N–H and O–H groups in total. The summed E-state index contributed by atoms with van der Waals surface area (Å²) in [6.07, 6.45) is -0.878. The fraction of sp³-hybridized carbons (Fsp3) is 0. The monoisotopic (exact) mass is 238 g/mol. The number of nitrogens with two attached hydrogens (primary N) is 1. The van der Waals surface area contributed by atoms with E-state index in [0.717, 1.165) is 5.56 Å². The number of hydrogen-bond donors (Lipinski definition) is 1. The number of rotatable bonds is 2. The van der Waals surface area contributed by atoms with Crippen LogP contribution in [-0.4, -0.2) is 6.09 Å². The highest BCUT2D eigenvalue weighted by Crippen LogP contribution is 2.30. The summed E-state index contributed by atoms with van der Waals surface area (Å²) in [6, 6.07) is 16.2. The summed E-state index contributed by atoms with van der Waals surface area (Å²) in [5.41, 5.74) is 7.02. The zero-order valence-electron chi connectivity index (χ0n) is 9.46. The van der Waals surface area contributed by atoms with Crippen molar-refractivity contribution in [3.8, 4) is 22.9 Å². The molecule has 2 aromatic carbocycles. The lowest BCUT2D eigenvalue weighted by molar-refractivity contribution is 0.211. The highest BCUT2D eigenvalue weighted by atomic mass is 16.5. The van der Waals surface area contributed by atoms with Gasteiger partial charge in [-0.15, -0.1) is 0 Å². The number of ether oxygens (including phenoxy) is 1. The lowest BCUT2D eigenvalue weighted by Crippen LogP contribution is -2.16. The highest BCUT2D eigenvalue weighted by molar-refractivity contribution is 5.77. The number of carbonyl (C=O) groups excluding carboxylic acids is 1. The quantitative estimate of drug-likeness (QED) is 0.873. The third kappa shape index (κ3) is 2.47. The molecule has 0 radical (unpaired) electrons. The van der Waals surface area contributed by atoms with Crippen LogP contribution >= 0.6 is 0 Å². The molecule has 0 heterocycles. The summed E-state index contributed by atoms with van der Waals surface area (Å²) >= 11 is 0. The summed E-state index contributed by atoms with van der Waals surface area (Å²) in [7, 11) is 0. The lowest BCUT2D eigenvalue weighted by Gasteiger charge is -2.09. The van der Waals surface area contributed by atoms with Gasteiger partial charge in [0.1, 0.15) is 5.75 Å². The van der Waals surface area contributed by atoms with E-state index in [9.17, 15) is 4.79 Å². The molecule has 4 nitrogen and oxygen atoms in total. The Morgan fingerprint density at radius 3 is 2.50 bits per heavy atom. The second-order valence-electron chi connectivity index (χ2n) is 3.61. The van der Waals surface area contributed by atoms with Crippen LogP contribution in [0.25, 0.3) is 11.1 Å². The minimum atomic E-state index is -0.878. The zero-order valence-corrected chi connectivity index (χ0v) is 9.46. The van der Waals surface area contributed by atoms with Gasteiger partial charge in [-0.2, -0.15) is 5.26 Å². The van der Waals surface area contributed by atoms with Crippen molar-refractivity contribution < 1.29 is 9.53 Å². The molecule has 88 valence electrons. The molecule has 2 rings (SSSR count). The molecule has 1 amide bonds. The fourth-order valence-electron chi connectivity index (χ4n) is 1.64. The topological polar surface area (TPSA) is 76.1 Å². The van der Waals surface area contributed by atoms with Crippen LogP contribution in [0.4, 0.5) is 4.79 Å². The van der Waals surface area contributed by atoms with Crippen LogP contribution in [0.5, 0.6) is 5.75 Å². The van der Waals surface area contributed by atoms with E-state index in [1.54, 1.807) is 18.2 Å². The second kappa shape index (κ2) is 5.02. The number of carbonyl (C=O) groups is 1. The summed E-state index contributed by atoms with van der Waals surface area (Å²) < 4.78 is 4.93. The molecule has 0 spiro atoms. The SMILES string of the molecule is N#Cc1ccc(OC(N)=O)c(-c2ccccc2)c1. The summed E-state index contributed by atoms with van der Waals surface area (Å²) in [5.74, 6) is 0.340. The van der Waals surface area contributed by atoms with Gasteiger partial charge in [-0.05, 0) is 23.8 Å². The molecule has 0 aromatic heterocycles. The Bertz CT molecular complexity index is 615. The van der Waals surface area contributed by atoms with Crippen LogP contribution in [0, 0.1) is 11.3 Å². The van der Waals surface area contributed by atoms with Crippen molar-refractivity contribution in [1.82, 2.24) is 0 Å². The van der Waals surface area contributed by atoms with Crippen molar-refractivity contribution in [2.45, 2.75) is 0 Å². The molecule has 0 bridgehead atoms. The molecule has 0 atom stereocenters. The van der Waals surface area contributed by atoms with Gasteiger partial charge in [0.05, 0.1) is 11.6 Å². The predicted molar refractivity (Wildman–Crippen MR) is 66.8 cm³/mol. The van der Waals surface area contributed by atoms with Gasteiger partial charge in [0.25, 0.3) is 0 Å². The van der Waals surface area contributed by atoms with E-state index in [1.165, 1.54) is 0 Å². The van der Waals surface area contributed by atoms with Crippen molar-refractivity contribution in [1.29, 1.82) is 5.26 Å². The molecule has 0 unspecified atom stereocenters. The Morgan fingerprint density at radius 2 is 1.89 bits per heavy atom. The first-order valence-electron chi connectivity index (χ1n) is 5.27. The van der Waals surface area contributed by atoms with Crippen LogP contribution in [0.2, 0.25) is 0 Å². The largest absolute Gasteiger partial charge is 0.410 e. The standard InChI is InChI=1S/C14H10N2O2/c15-9-10-6-7-13(18-14(16)17)12(8-10)11-4-2-1-3-5-11/h1-8H,(H2,16,17). The van der Waals surface area contributed by atoms with Crippen molar-refractivity contribution >= 4 is 6.09 Å². The molecule has 0 aliphatic heterocycles. The van der Waals surface area contributed by atoms with Crippen LogP contribution in [0.3, 0.4) is 0 Å². The van der Waals surface area contributed by atoms with Gasteiger partial charge in [-0.1, -0.05) is 30.3 Å². The van der Waals surface area contributed by atoms with Crippen LogP contribution in [0.1, 0.15) is 5.56 Å². The van der Waals surface area contributed by atoms with Gasteiger partial charge in [0.15, 0.2) is 0 Å². The van der Waals surface area contributed by atoms with Crippen molar-refractivity contribution in [2.24, 2.45) is 5.73 Å². The number of nitriles is 1. The minimum Gasteiger partial charge on any atom is -0.410 e. The van der Waals surface area contributed by atoms with E-state index in [4.69, 9.17) is 15.7 Å². The Morgan fingerprint density at radius 1 is 1.17 bits per heavy atom. The van der Waals surface area contributed by atoms with Gasteiger partial charge < -0.3 is 10.5 Å². The van der Waals surface area contributed by atoms with Gasteiger partial charge >= 0.3 is 6.09 Å². The van der Waals surface area contributed by atoms with Crippen LogP contribution < -0.4 is 10.5 Å². The predicted octanol–water partition coefficient (Wildman–Crippen LogP) is 2.68. The normalized spacial score (nSPS) is 9.50. The average Bonchev–Trinajstić information content (AvgIpc) is 2.39. The molecule has 0 saturated heterocycles. The third-order valence-electron chi connectivity index (χ3n) is 2.40. The maximum absolute atomic E-state index is 10.8. The van der Waals surface area contributed by atoms with E-state index in [1.807, 2.05) is 36.4 Å². The zero-order chi connectivity index (χ0) is 13.0. The van der Waals surface area contributed by atoms with Gasteiger partial charge in [-0.3, -0.25) is 0 Å². The van der Waals surface area contributed by atoms with E-state index in [-0.39, 0.29) is 0 Å². The Hall–Kier alpha value is -2.80. The maximum Gasteiger partial charge on any atom is 0.409 e. The van der Waals surface area contributed by atoms with E-state index >= 15 is 0 Å². The molecule has 0 aliphatic carbocycles.